The molecular formula is C7H10O2. The van der Waals surface area contributed by atoms with Crippen LogP contribution in [0.4, 0.5) is 0 Å². The van der Waals surface area contributed by atoms with Crippen molar-refractivity contribution in [2.45, 2.75) is 37.9 Å². The van der Waals surface area contributed by atoms with Crippen LogP contribution in [-0.2, 0) is 9.53 Å². The first-order valence-corrected chi connectivity index (χ1v) is 3.56. The Morgan fingerprint density at radius 2 is 2.33 bits per heavy atom. The lowest BCUT2D eigenvalue weighted by Gasteiger charge is -1.90. The number of ketones is 1. The number of hydrogen-bond acceptors (Lipinski definition) is 2. The molecule has 0 aromatic heterocycles. The van der Waals surface area contributed by atoms with Crippen molar-refractivity contribution in [1.82, 2.24) is 0 Å². The first-order chi connectivity index (χ1) is 4.38. The van der Waals surface area contributed by atoms with E-state index in [2.05, 4.69) is 0 Å². The molecule has 0 N–H and O–H groups in total. The highest BCUT2D eigenvalue weighted by Crippen LogP contribution is 2.32. The predicted molar refractivity (Wildman–Crippen MR) is 32.1 cm³/mol. The van der Waals surface area contributed by atoms with Crippen molar-refractivity contribution in [2.24, 2.45) is 0 Å². The summed E-state index contributed by atoms with van der Waals surface area (Å²) in [6.07, 6.45) is 4.45. The molecule has 50 valence electrons. The van der Waals surface area contributed by atoms with E-state index >= 15 is 0 Å². The Hall–Kier alpha value is -0.370. The smallest absolute Gasteiger partial charge is 0.164 e. The average molecular weight is 126 g/mol. The number of Topliss-reactive ketones (excluding diaryl/α,β-unsaturated/α-hetero) is 1. The van der Waals surface area contributed by atoms with Gasteiger partial charge >= 0.3 is 0 Å². The Bertz CT molecular complexity index is 142. The maximum Gasteiger partial charge on any atom is 0.164 e. The summed E-state index contributed by atoms with van der Waals surface area (Å²) >= 11 is 0. The van der Waals surface area contributed by atoms with Crippen molar-refractivity contribution in [2.75, 3.05) is 0 Å². The minimum Gasteiger partial charge on any atom is -0.361 e. The lowest BCUT2D eigenvalue weighted by molar-refractivity contribution is -0.120. The van der Waals surface area contributed by atoms with E-state index in [4.69, 9.17) is 4.74 Å². The maximum absolute atomic E-state index is 10.9. The normalized spacial score (nSPS) is 41.6. The van der Waals surface area contributed by atoms with Gasteiger partial charge in [0.15, 0.2) is 5.78 Å². The van der Waals surface area contributed by atoms with Gasteiger partial charge in [0.2, 0.25) is 0 Å². The van der Waals surface area contributed by atoms with Crippen LogP contribution in [0.25, 0.3) is 0 Å². The van der Waals surface area contributed by atoms with Crippen LogP contribution in [0.15, 0.2) is 0 Å². The number of ether oxygens (including phenoxy) is 1. The quantitative estimate of drug-likeness (QED) is 0.451. The second kappa shape index (κ2) is 1.81. The molecule has 2 aliphatic rings. The molecule has 0 unspecified atom stereocenters. The van der Waals surface area contributed by atoms with Crippen LogP contribution in [0.1, 0.15) is 25.7 Å². The molecule has 0 amide bonds. The van der Waals surface area contributed by atoms with E-state index in [1.807, 2.05) is 0 Å². The molecule has 1 saturated carbocycles. The highest BCUT2D eigenvalue weighted by Gasteiger charge is 2.44. The first-order valence-electron chi connectivity index (χ1n) is 3.56. The van der Waals surface area contributed by atoms with E-state index < -0.39 is 0 Å². The number of carbonyl (C=O) groups is 1. The van der Waals surface area contributed by atoms with Gasteiger partial charge in [-0.15, -0.1) is 0 Å². The van der Waals surface area contributed by atoms with Gasteiger partial charge in [-0.05, 0) is 12.8 Å². The molecule has 9 heavy (non-hydrogen) atoms. The summed E-state index contributed by atoms with van der Waals surface area (Å²) in [5, 5.41) is 0. The lowest BCUT2D eigenvalue weighted by Crippen LogP contribution is -2.05. The number of hydrogen-bond donors (Lipinski definition) is 0. The van der Waals surface area contributed by atoms with Crippen LogP contribution >= 0.6 is 0 Å². The van der Waals surface area contributed by atoms with Crippen molar-refractivity contribution in [3.63, 3.8) is 0 Å². The molecule has 2 heteroatoms. The van der Waals surface area contributed by atoms with Gasteiger partial charge in [0.05, 0.1) is 6.10 Å². The average Bonchev–Trinajstić information content (AvgIpc) is 2.55. The zero-order valence-electron chi connectivity index (χ0n) is 5.30. The molecule has 1 saturated heterocycles. The maximum atomic E-state index is 10.9. The molecule has 0 bridgehead atoms. The topological polar surface area (TPSA) is 29.6 Å². The Balaban J connectivity index is 2.03. The summed E-state index contributed by atoms with van der Waals surface area (Å²) in [4.78, 5) is 10.9. The lowest BCUT2D eigenvalue weighted by atomic mass is 10.2. The van der Waals surface area contributed by atoms with Crippen molar-refractivity contribution in [3.8, 4) is 0 Å². The van der Waals surface area contributed by atoms with Gasteiger partial charge in [-0.3, -0.25) is 4.79 Å². The van der Waals surface area contributed by atoms with Crippen molar-refractivity contribution in [1.29, 1.82) is 0 Å². The summed E-state index contributed by atoms with van der Waals surface area (Å²) in [7, 11) is 0. The first kappa shape index (κ1) is 5.42. The van der Waals surface area contributed by atoms with Crippen LogP contribution in [0, 0.1) is 0 Å². The van der Waals surface area contributed by atoms with Gasteiger partial charge < -0.3 is 4.74 Å². The van der Waals surface area contributed by atoms with E-state index in [-0.39, 0.29) is 6.10 Å². The molecule has 0 aromatic carbocycles. The molecule has 1 heterocycles. The molecule has 0 radical (unpaired) electrons. The van der Waals surface area contributed by atoms with Crippen LogP contribution in [0.3, 0.4) is 0 Å². The van der Waals surface area contributed by atoms with Gasteiger partial charge in [-0.2, -0.15) is 0 Å². The highest BCUT2D eigenvalue weighted by molar-refractivity contribution is 5.86. The number of epoxide rings is 1. The monoisotopic (exact) mass is 126 g/mol. The fourth-order valence-electron chi connectivity index (χ4n) is 1.43. The van der Waals surface area contributed by atoms with Crippen LogP contribution in [-0.4, -0.2) is 18.0 Å². The molecule has 2 rings (SSSR count). The third kappa shape index (κ3) is 0.874. The Morgan fingerprint density at radius 3 is 3.22 bits per heavy atom. The van der Waals surface area contributed by atoms with Gasteiger partial charge in [0, 0.05) is 6.42 Å². The summed E-state index contributed by atoms with van der Waals surface area (Å²) in [6, 6.07) is 0. The van der Waals surface area contributed by atoms with Gasteiger partial charge in [0.1, 0.15) is 6.10 Å². The Labute approximate surface area is 54.2 Å². The van der Waals surface area contributed by atoms with Crippen molar-refractivity contribution < 1.29 is 9.53 Å². The van der Waals surface area contributed by atoms with Crippen LogP contribution in [0.5, 0.6) is 0 Å². The van der Waals surface area contributed by atoms with E-state index in [1.54, 1.807) is 0 Å². The summed E-state index contributed by atoms with van der Waals surface area (Å²) in [6.45, 7) is 0. The summed E-state index contributed by atoms with van der Waals surface area (Å²) in [5.74, 6) is 0.331. The van der Waals surface area contributed by atoms with E-state index in [9.17, 15) is 4.79 Å². The molecule has 2 atom stereocenters. The minimum atomic E-state index is 0.0208. The van der Waals surface area contributed by atoms with E-state index in [1.165, 1.54) is 6.42 Å². The molecular weight excluding hydrogens is 116 g/mol. The molecule has 0 aromatic rings. The second-order valence-electron chi connectivity index (χ2n) is 2.81. The van der Waals surface area contributed by atoms with Gasteiger partial charge in [0.25, 0.3) is 0 Å². The van der Waals surface area contributed by atoms with E-state index in [0.29, 0.717) is 11.9 Å². The third-order valence-corrected chi connectivity index (χ3v) is 2.06. The zero-order chi connectivity index (χ0) is 6.27. The molecule has 1 aliphatic carbocycles. The number of carbonyl (C=O) groups excluding carboxylic acids is 1. The van der Waals surface area contributed by atoms with E-state index in [0.717, 1.165) is 19.3 Å². The number of rotatable bonds is 0. The summed E-state index contributed by atoms with van der Waals surface area (Å²) in [5.41, 5.74) is 0. The van der Waals surface area contributed by atoms with Gasteiger partial charge in [-0.25, -0.2) is 0 Å². The standard InChI is InChI=1S/C7H10O2/c8-5-3-1-2-4-6-7(5)9-6/h6-7H,1-4H2/t6-,7+/m0/s1. The SMILES string of the molecule is O=C1CCCC[C@@H]2O[C@H]12. The van der Waals surface area contributed by atoms with Gasteiger partial charge in [-0.1, -0.05) is 6.42 Å². The number of fused-ring (bicyclic) bond motifs is 1. The molecule has 2 nitrogen and oxygen atoms in total. The Morgan fingerprint density at radius 1 is 1.44 bits per heavy atom. The zero-order valence-corrected chi connectivity index (χ0v) is 5.30. The van der Waals surface area contributed by atoms with Crippen LogP contribution in [0.2, 0.25) is 0 Å². The highest BCUT2D eigenvalue weighted by atomic mass is 16.6. The fourth-order valence-corrected chi connectivity index (χ4v) is 1.43. The van der Waals surface area contributed by atoms with Crippen LogP contribution < -0.4 is 0 Å². The third-order valence-electron chi connectivity index (χ3n) is 2.06. The summed E-state index contributed by atoms with van der Waals surface area (Å²) < 4.78 is 5.12. The van der Waals surface area contributed by atoms with Crippen molar-refractivity contribution in [3.05, 3.63) is 0 Å². The molecule has 1 aliphatic heterocycles. The fraction of sp³-hybridized carbons (Fsp3) is 0.857. The predicted octanol–water partition coefficient (Wildman–Crippen LogP) is 0.897. The molecule has 0 spiro atoms. The minimum absolute atomic E-state index is 0.0208. The largest absolute Gasteiger partial charge is 0.361 e. The second-order valence-corrected chi connectivity index (χ2v) is 2.81. The Kier molecular flexibility index (Phi) is 1.09. The molecule has 2 fully saturated rings. The van der Waals surface area contributed by atoms with Crippen molar-refractivity contribution >= 4 is 5.78 Å².